The lowest BCUT2D eigenvalue weighted by Crippen LogP contribution is -2.00. The molecule has 0 radical (unpaired) electrons. The molecule has 1 heterocycles. The number of aryl methyl sites for hydroxylation is 3. The van der Waals surface area contributed by atoms with E-state index in [1.54, 1.807) is 11.3 Å². The van der Waals surface area contributed by atoms with Crippen LogP contribution in [0.3, 0.4) is 0 Å². The van der Waals surface area contributed by atoms with Crippen molar-refractivity contribution >= 4 is 22.2 Å². The van der Waals surface area contributed by atoms with Crippen molar-refractivity contribution in [2.75, 3.05) is 11.9 Å². The second-order valence-electron chi connectivity index (χ2n) is 4.38. The zero-order valence-electron chi connectivity index (χ0n) is 10.9. The van der Waals surface area contributed by atoms with Crippen LogP contribution in [0.4, 0.5) is 10.8 Å². The highest BCUT2D eigenvalue weighted by molar-refractivity contribution is 7.15. The van der Waals surface area contributed by atoms with Gasteiger partial charge in [0, 0.05) is 10.6 Å². The van der Waals surface area contributed by atoms with Crippen LogP contribution in [0.1, 0.15) is 22.6 Å². The molecule has 96 valence electrons. The summed E-state index contributed by atoms with van der Waals surface area (Å²) in [5, 5.41) is 4.32. The molecule has 0 aliphatic heterocycles. The Kier molecular flexibility index (Phi) is 4.33. The number of rotatable bonds is 5. The van der Waals surface area contributed by atoms with Gasteiger partial charge in [-0.05, 0) is 50.9 Å². The maximum atomic E-state index is 5.53. The lowest BCUT2D eigenvalue weighted by molar-refractivity contribution is 0.833. The van der Waals surface area contributed by atoms with Crippen LogP contribution in [-0.4, -0.2) is 11.5 Å². The topological polar surface area (TPSA) is 50.9 Å². The third-order valence-electron chi connectivity index (χ3n) is 2.88. The first kappa shape index (κ1) is 13.1. The first-order valence-electron chi connectivity index (χ1n) is 6.19. The van der Waals surface area contributed by atoms with Gasteiger partial charge in [0.25, 0.3) is 0 Å². The van der Waals surface area contributed by atoms with Crippen molar-refractivity contribution < 1.29 is 0 Å². The third-order valence-corrected chi connectivity index (χ3v) is 3.86. The molecule has 1 aromatic carbocycles. The molecular weight excluding hydrogens is 242 g/mol. The molecule has 0 aliphatic carbocycles. The van der Waals surface area contributed by atoms with Crippen molar-refractivity contribution in [1.82, 2.24) is 4.98 Å². The summed E-state index contributed by atoms with van der Waals surface area (Å²) in [5.41, 5.74) is 9.04. The minimum Gasteiger partial charge on any atom is -0.332 e. The number of benzene rings is 1. The van der Waals surface area contributed by atoms with Crippen LogP contribution in [0, 0.1) is 13.8 Å². The van der Waals surface area contributed by atoms with E-state index in [-0.39, 0.29) is 0 Å². The number of nitrogens with zero attached hydrogens (tertiary/aromatic N) is 1. The Hall–Kier alpha value is -1.39. The maximum absolute atomic E-state index is 5.53. The molecule has 0 bridgehead atoms. The minimum absolute atomic E-state index is 0.739. The lowest BCUT2D eigenvalue weighted by Gasteiger charge is -2.05. The van der Waals surface area contributed by atoms with E-state index >= 15 is 0 Å². The van der Waals surface area contributed by atoms with E-state index in [2.05, 4.69) is 41.5 Å². The van der Waals surface area contributed by atoms with E-state index in [0.717, 1.165) is 35.9 Å². The Morgan fingerprint density at radius 2 is 2.17 bits per heavy atom. The zero-order chi connectivity index (χ0) is 13.0. The fourth-order valence-corrected chi connectivity index (χ4v) is 2.60. The third kappa shape index (κ3) is 3.31. The van der Waals surface area contributed by atoms with E-state index < -0.39 is 0 Å². The molecule has 0 saturated heterocycles. The highest BCUT2D eigenvalue weighted by atomic mass is 32.1. The summed E-state index contributed by atoms with van der Waals surface area (Å²) < 4.78 is 0. The van der Waals surface area contributed by atoms with Crippen LogP contribution in [0.15, 0.2) is 24.3 Å². The van der Waals surface area contributed by atoms with Gasteiger partial charge in [-0.15, -0.1) is 11.3 Å². The highest BCUT2D eigenvalue weighted by Gasteiger charge is 2.04. The number of hydrogen-bond acceptors (Lipinski definition) is 4. The summed E-state index contributed by atoms with van der Waals surface area (Å²) >= 11 is 1.69. The van der Waals surface area contributed by atoms with Gasteiger partial charge >= 0.3 is 0 Å². The fraction of sp³-hybridized carbons (Fsp3) is 0.357. The van der Waals surface area contributed by atoms with E-state index in [9.17, 15) is 0 Å². The standard InChI is InChI=1S/C14H19N3S/c1-10-11(2)18-14(16-10)17-13-7-3-5-12(9-13)6-4-8-15/h3,5,7,9H,4,6,8,15H2,1-2H3,(H,16,17). The van der Waals surface area contributed by atoms with Crippen LogP contribution < -0.4 is 11.1 Å². The summed E-state index contributed by atoms with van der Waals surface area (Å²) in [6.07, 6.45) is 2.06. The molecule has 2 rings (SSSR count). The molecule has 0 spiro atoms. The van der Waals surface area contributed by atoms with Gasteiger partial charge in [0.2, 0.25) is 0 Å². The predicted octanol–water partition coefficient (Wildman–Crippen LogP) is 3.39. The van der Waals surface area contributed by atoms with Crippen molar-refractivity contribution in [3.05, 3.63) is 40.4 Å². The van der Waals surface area contributed by atoms with Crippen LogP contribution in [0.5, 0.6) is 0 Å². The monoisotopic (exact) mass is 261 g/mol. The summed E-state index contributed by atoms with van der Waals surface area (Å²) in [5.74, 6) is 0. The summed E-state index contributed by atoms with van der Waals surface area (Å²) in [6, 6.07) is 8.44. The van der Waals surface area contributed by atoms with Crippen molar-refractivity contribution in [2.45, 2.75) is 26.7 Å². The normalized spacial score (nSPS) is 10.6. The van der Waals surface area contributed by atoms with Gasteiger partial charge < -0.3 is 11.1 Å². The van der Waals surface area contributed by atoms with Gasteiger partial charge in [0.15, 0.2) is 5.13 Å². The van der Waals surface area contributed by atoms with Gasteiger partial charge in [0.1, 0.15) is 0 Å². The molecular formula is C14H19N3S. The molecule has 0 atom stereocenters. The van der Waals surface area contributed by atoms with Gasteiger partial charge in [0.05, 0.1) is 5.69 Å². The molecule has 0 saturated carbocycles. The number of aromatic nitrogens is 1. The summed E-state index contributed by atoms with van der Waals surface area (Å²) in [7, 11) is 0. The lowest BCUT2D eigenvalue weighted by atomic mass is 10.1. The first-order valence-corrected chi connectivity index (χ1v) is 7.01. The largest absolute Gasteiger partial charge is 0.332 e. The number of nitrogens with one attached hydrogen (secondary N) is 1. The molecule has 1 aromatic heterocycles. The summed E-state index contributed by atoms with van der Waals surface area (Å²) in [4.78, 5) is 5.75. The Morgan fingerprint density at radius 3 is 2.83 bits per heavy atom. The molecule has 3 N–H and O–H groups in total. The molecule has 3 nitrogen and oxygen atoms in total. The second-order valence-corrected chi connectivity index (χ2v) is 5.58. The molecule has 2 aromatic rings. The number of hydrogen-bond donors (Lipinski definition) is 2. The Bertz CT molecular complexity index is 500. The van der Waals surface area contributed by atoms with E-state index in [1.807, 2.05) is 6.92 Å². The van der Waals surface area contributed by atoms with Gasteiger partial charge in [-0.1, -0.05) is 12.1 Å². The Balaban J connectivity index is 2.09. The molecule has 0 unspecified atom stereocenters. The minimum atomic E-state index is 0.739. The molecule has 18 heavy (non-hydrogen) atoms. The average Bonchev–Trinajstić information content (AvgIpc) is 2.66. The van der Waals surface area contributed by atoms with Gasteiger partial charge in [-0.3, -0.25) is 0 Å². The number of anilines is 2. The molecule has 0 amide bonds. The van der Waals surface area contributed by atoms with Crippen LogP contribution in [0.25, 0.3) is 0 Å². The Morgan fingerprint density at radius 1 is 1.33 bits per heavy atom. The van der Waals surface area contributed by atoms with Crippen LogP contribution in [0.2, 0.25) is 0 Å². The second kappa shape index (κ2) is 5.98. The van der Waals surface area contributed by atoms with E-state index in [4.69, 9.17) is 5.73 Å². The van der Waals surface area contributed by atoms with Crippen LogP contribution >= 0.6 is 11.3 Å². The predicted molar refractivity (Wildman–Crippen MR) is 78.7 cm³/mol. The quantitative estimate of drug-likeness (QED) is 0.867. The number of nitrogens with two attached hydrogens (primary N) is 1. The van der Waals surface area contributed by atoms with Crippen molar-refractivity contribution in [1.29, 1.82) is 0 Å². The van der Waals surface area contributed by atoms with Crippen molar-refractivity contribution in [2.24, 2.45) is 5.73 Å². The summed E-state index contributed by atoms with van der Waals surface area (Å²) in [6.45, 7) is 4.87. The number of thiazole rings is 1. The molecule has 0 aliphatic rings. The first-order chi connectivity index (χ1) is 8.69. The maximum Gasteiger partial charge on any atom is 0.187 e. The SMILES string of the molecule is Cc1nc(Nc2cccc(CCCN)c2)sc1C. The van der Waals surface area contributed by atoms with E-state index in [1.165, 1.54) is 10.4 Å². The highest BCUT2D eigenvalue weighted by Crippen LogP contribution is 2.25. The zero-order valence-corrected chi connectivity index (χ0v) is 11.7. The van der Waals surface area contributed by atoms with E-state index in [0.29, 0.717) is 0 Å². The Labute approximate surface area is 112 Å². The van der Waals surface area contributed by atoms with Crippen molar-refractivity contribution in [3.8, 4) is 0 Å². The van der Waals surface area contributed by atoms with Crippen LogP contribution in [-0.2, 0) is 6.42 Å². The van der Waals surface area contributed by atoms with Gasteiger partial charge in [-0.25, -0.2) is 4.98 Å². The van der Waals surface area contributed by atoms with Crippen molar-refractivity contribution in [3.63, 3.8) is 0 Å². The fourth-order valence-electron chi connectivity index (χ4n) is 1.76. The van der Waals surface area contributed by atoms with Gasteiger partial charge in [-0.2, -0.15) is 0 Å². The smallest absolute Gasteiger partial charge is 0.187 e. The average molecular weight is 261 g/mol. The molecule has 0 fully saturated rings. The molecule has 4 heteroatoms.